The van der Waals surface area contributed by atoms with E-state index in [4.69, 9.17) is 19.9 Å². The van der Waals surface area contributed by atoms with E-state index in [1.54, 1.807) is 0 Å². The third-order valence-electron chi connectivity index (χ3n) is 6.60. The first-order chi connectivity index (χ1) is 15.9. The number of alkyl halides is 3. The molecule has 1 saturated heterocycles. The number of hydrogen-bond acceptors (Lipinski definition) is 6. The normalized spacial score (nSPS) is 28.8. The van der Waals surface area contributed by atoms with Gasteiger partial charge < -0.3 is 25.3 Å². The zero-order chi connectivity index (χ0) is 25.0. The molecule has 0 saturated carbocycles. The van der Waals surface area contributed by atoms with E-state index in [0.717, 1.165) is 20.1 Å². The number of nitrogens with two attached hydrogens (primary N) is 1. The molecule has 2 aliphatic rings. The number of hydrogen-bond donors (Lipinski definition) is 2. The molecule has 1 aromatic heterocycles. The molecule has 2 aromatic rings. The Morgan fingerprint density at radius 1 is 1.32 bits per heavy atom. The molecule has 4 rings (SSSR count). The van der Waals surface area contributed by atoms with Crippen molar-refractivity contribution in [2.75, 3.05) is 12.4 Å². The number of nitrogens with one attached hydrogen (secondary N) is 1. The number of halogens is 5. The van der Waals surface area contributed by atoms with Crippen molar-refractivity contribution in [3.8, 4) is 5.75 Å². The number of carbonyl (C=O) groups excluding carboxylic acids is 1. The van der Waals surface area contributed by atoms with Gasteiger partial charge in [-0.2, -0.15) is 17.6 Å². The van der Waals surface area contributed by atoms with Gasteiger partial charge in [-0.1, -0.05) is 13.0 Å². The second kappa shape index (κ2) is 8.35. The summed E-state index contributed by atoms with van der Waals surface area (Å²) < 4.78 is 87.1. The molecule has 5 atom stereocenters. The maximum atomic E-state index is 14.5. The summed E-state index contributed by atoms with van der Waals surface area (Å²) >= 11 is 0. The van der Waals surface area contributed by atoms with Crippen LogP contribution in [-0.4, -0.2) is 42.1 Å². The molecule has 7 nitrogen and oxygen atoms in total. The number of anilines is 1. The summed E-state index contributed by atoms with van der Waals surface area (Å²) in [7, 11) is 1.10. The highest BCUT2D eigenvalue weighted by Crippen LogP contribution is 2.56. The van der Waals surface area contributed by atoms with E-state index in [9.17, 15) is 26.7 Å². The average Bonchev–Trinajstić information content (AvgIpc) is 3.06. The Hall–Kier alpha value is -2.99. The number of amides is 1. The third-order valence-corrected chi connectivity index (χ3v) is 6.60. The quantitative estimate of drug-likeness (QED) is 0.636. The first kappa shape index (κ1) is 24.1. The van der Waals surface area contributed by atoms with E-state index < -0.39 is 59.2 Å². The monoisotopic (exact) mass is 487 g/mol. The summed E-state index contributed by atoms with van der Waals surface area (Å²) in [4.78, 5) is 15.4. The van der Waals surface area contributed by atoms with Crippen LogP contribution >= 0.6 is 0 Å². The summed E-state index contributed by atoms with van der Waals surface area (Å²) in [5.74, 6) is -6.14. The molecule has 3 heterocycles. The molecule has 184 valence electrons. The molecule has 3 N–H and O–H groups in total. The topological polar surface area (TPSA) is 95.7 Å². The van der Waals surface area contributed by atoms with Crippen molar-refractivity contribution in [2.24, 2.45) is 11.7 Å². The largest absolute Gasteiger partial charge is 0.493 e. The fourth-order valence-corrected chi connectivity index (χ4v) is 4.55. The smallest absolute Gasteiger partial charge is 0.417 e. The summed E-state index contributed by atoms with van der Waals surface area (Å²) in [5.41, 5.74) is 3.54. The molecule has 34 heavy (non-hydrogen) atoms. The number of methoxy groups -OCH3 is 1. The van der Waals surface area contributed by atoms with Gasteiger partial charge in [0.05, 0.1) is 13.7 Å². The highest BCUT2D eigenvalue weighted by atomic mass is 19.4. The average molecular weight is 487 g/mol. The Kier molecular flexibility index (Phi) is 5.93. The first-order valence-electron chi connectivity index (χ1n) is 10.3. The summed E-state index contributed by atoms with van der Waals surface area (Å²) in [6.45, 7) is 2.19. The van der Waals surface area contributed by atoms with Gasteiger partial charge in [-0.05, 0) is 19.1 Å². The van der Waals surface area contributed by atoms with Gasteiger partial charge in [-0.15, -0.1) is 0 Å². The molecule has 1 aromatic carbocycles. The van der Waals surface area contributed by atoms with Crippen molar-refractivity contribution in [1.82, 2.24) is 4.98 Å². The van der Waals surface area contributed by atoms with Gasteiger partial charge in [0, 0.05) is 34.8 Å². The Morgan fingerprint density at radius 3 is 2.65 bits per heavy atom. The second-order valence-corrected chi connectivity index (χ2v) is 8.45. The van der Waals surface area contributed by atoms with Gasteiger partial charge in [-0.3, -0.25) is 9.78 Å². The van der Waals surface area contributed by atoms with Crippen molar-refractivity contribution in [3.63, 3.8) is 0 Å². The Balaban J connectivity index is 1.79. The van der Waals surface area contributed by atoms with Gasteiger partial charge in [0.2, 0.25) is 5.82 Å². The van der Waals surface area contributed by atoms with E-state index in [0.29, 0.717) is 11.3 Å². The number of ether oxygens (including phenoxy) is 3. The molecule has 2 aliphatic heterocycles. The van der Waals surface area contributed by atoms with Crippen molar-refractivity contribution < 1.29 is 41.0 Å². The van der Waals surface area contributed by atoms with E-state index in [-0.39, 0.29) is 17.9 Å². The number of nitrogens with zero attached hydrogens (tertiary/aromatic N) is 1. The number of primary amides is 1. The van der Waals surface area contributed by atoms with Gasteiger partial charge in [-0.25, -0.2) is 4.39 Å². The summed E-state index contributed by atoms with van der Waals surface area (Å²) in [6, 6.07) is 3.37. The van der Waals surface area contributed by atoms with Crippen LogP contribution in [0.2, 0.25) is 0 Å². The number of aromatic nitrogens is 1. The number of pyridine rings is 1. The molecule has 0 radical (unpaired) electrons. The third kappa shape index (κ3) is 3.74. The second-order valence-electron chi connectivity index (χ2n) is 8.45. The number of benzene rings is 1. The zero-order valence-corrected chi connectivity index (χ0v) is 18.4. The van der Waals surface area contributed by atoms with Crippen LogP contribution in [0.4, 0.5) is 27.6 Å². The SMILES string of the molecule is COc1c([C@H]2C([C@H]3Nc4cc(C(N)=O)ncc4CO3)O[C@@](C)(C(F)(F)F)[C@H]2C)ccc(F)c1F. The molecule has 1 unspecified atom stereocenters. The zero-order valence-electron chi connectivity index (χ0n) is 18.4. The lowest BCUT2D eigenvalue weighted by Gasteiger charge is -2.35. The molecule has 0 spiro atoms. The minimum atomic E-state index is -4.78. The Labute approximate surface area is 191 Å². The Morgan fingerprint density at radius 2 is 2.03 bits per heavy atom. The predicted octanol–water partition coefficient (Wildman–Crippen LogP) is 3.88. The van der Waals surface area contributed by atoms with E-state index in [1.165, 1.54) is 25.3 Å². The van der Waals surface area contributed by atoms with Gasteiger partial charge in [0.15, 0.2) is 23.4 Å². The van der Waals surface area contributed by atoms with Gasteiger partial charge >= 0.3 is 6.18 Å². The van der Waals surface area contributed by atoms with Crippen LogP contribution in [-0.2, 0) is 16.1 Å². The van der Waals surface area contributed by atoms with Gasteiger partial charge in [0.1, 0.15) is 11.8 Å². The van der Waals surface area contributed by atoms with E-state index in [2.05, 4.69) is 10.3 Å². The maximum Gasteiger partial charge on any atom is 0.417 e. The number of carbonyl (C=O) groups is 1. The summed E-state index contributed by atoms with van der Waals surface area (Å²) in [6.07, 6.45) is -5.84. The van der Waals surface area contributed by atoms with Crippen LogP contribution in [0.3, 0.4) is 0 Å². The molecular weight excluding hydrogens is 465 g/mol. The van der Waals surface area contributed by atoms with Crippen LogP contribution in [0.15, 0.2) is 24.4 Å². The van der Waals surface area contributed by atoms with Crippen LogP contribution in [0.1, 0.15) is 41.4 Å². The van der Waals surface area contributed by atoms with Crippen molar-refractivity contribution >= 4 is 11.6 Å². The lowest BCUT2D eigenvalue weighted by molar-refractivity contribution is -0.280. The van der Waals surface area contributed by atoms with Gasteiger partial charge in [0.25, 0.3) is 5.91 Å². The minimum Gasteiger partial charge on any atom is -0.493 e. The van der Waals surface area contributed by atoms with E-state index in [1.807, 2.05) is 0 Å². The fourth-order valence-electron chi connectivity index (χ4n) is 4.55. The van der Waals surface area contributed by atoms with E-state index >= 15 is 0 Å². The Bertz CT molecular complexity index is 1130. The lowest BCUT2D eigenvalue weighted by atomic mass is 9.76. The number of fused-ring (bicyclic) bond motifs is 1. The first-order valence-corrected chi connectivity index (χ1v) is 10.3. The molecule has 0 bridgehead atoms. The van der Waals surface area contributed by atoms with Crippen LogP contribution in [0.25, 0.3) is 0 Å². The maximum absolute atomic E-state index is 14.5. The predicted molar refractivity (Wildman–Crippen MR) is 109 cm³/mol. The van der Waals surface area contributed by atoms with Crippen LogP contribution < -0.4 is 15.8 Å². The van der Waals surface area contributed by atoms with Crippen molar-refractivity contribution in [1.29, 1.82) is 0 Å². The van der Waals surface area contributed by atoms with Crippen LogP contribution in [0.5, 0.6) is 5.75 Å². The fraction of sp³-hybridized carbons (Fsp3) is 0.455. The molecule has 0 aliphatic carbocycles. The van der Waals surface area contributed by atoms with Crippen molar-refractivity contribution in [2.45, 2.75) is 50.5 Å². The lowest BCUT2D eigenvalue weighted by Crippen LogP contribution is -2.48. The summed E-state index contributed by atoms with van der Waals surface area (Å²) in [5, 5.41) is 2.94. The standard InChI is InChI=1S/C22H22F5N3O4/c1-9-15(11-4-5-12(23)16(24)17(11)32-3)18(34-21(9,2)22(25,26)27)20-30-13-6-14(19(28)31)29-7-10(13)8-33-20/h4-7,9,15,18,20,30H,8H2,1-3H3,(H2,28,31)/t9-,15-,18?,20-,21+/m0/s1. The van der Waals surface area contributed by atoms with Crippen molar-refractivity contribution in [3.05, 3.63) is 52.9 Å². The number of rotatable bonds is 4. The molecule has 12 heteroatoms. The highest BCUT2D eigenvalue weighted by Gasteiger charge is 2.66. The molecular formula is C22H22F5N3O4. The minimum absolute atomic E-state index is 0.00984. The van der Waals surface area contributed by atoms with Crippen LogP contribution in [0, 0.1) is 17.6 Å². The highest BCUT2D eigenvalue weighted by molar-refractivity contribution is 5.91. The molecule has 1 amide bonds. The molecule has 1 fully saturated rings.